The molecule has 2 heterocycles. The zero-order chi connectivity index (χ0) is 17.6. The summed E-state index contributed by atoms with van der Waals surface area (Å²) in [6.07, 6.45) is 2.77. The number of benzene rings is 1. The number of aliphatic hydroxyl groups is 1. The van der Waals surface area contributed by atoms with Gasteiger partial charge in [-0.2, -0.15) is 0 Å². The fourth-order valence-corrected chi connectivity index (χ4v) is 3.30. The van der Waals surface area contributed by atoms with E-state index in [1.54, 1.807) is 6.07 Å². The van der Waals surface area contributed by atoms with Gasteiger partial charge in [-0.1, -0.05) is 0 Å². The Labute approximate surface area is 148 Å². The van der Waals surface area contributed by atoms with Crippen LogP contribution in [0.1, 0.15) is 30.6 Å². The summed E-state index contributed by atoms with van der Waals surface area (Å²) in [4.78, 5) is 2.41. The Balaban J connectivity index is 1.40. The number of rotatable bonds is 7. The van der Waals surface area contributed by atoms with Gasteiger partial charge in [0.15, 0.2) is 0 Å². The maximum atomic E-state index is 13.2. The SMILES string of the molecule is Cc1cc(F)ccc1-c1ccc(CNCCCN2CCC(O)CC2)o1. The molecule has 0 radical (unpaired) electrons. The molecule has 1 aliphatic heterocycles. The minimum absolute atomic E-state index is 0.104. The van der Waals surface area contributed by atoms with Gasteiger partial charge < -0.3 is 19.7 Å². The van der Waals surface area contributed by atoms with E-state index in [2.05, 4.69) is 10.2 Å². The molecule has 0 unspecified atom stereocenters. The van der Waals surface area contributed by atoms with Crippen LogP contribution < -0.4 is 5.32 Å². The second kappa shape index (κ2) is 8.61. The van der Waals surface area contributed by atoms with Gasteiger partial charge in [0.1, 0.15) is 17.3 Å². The fourth-order valence-electron chi connectivity index (χ4n) is 3.30. The Bertz CT molecular complexity index is 678. The lowest BCUT2D eigenvalue weighted by Gasteiger charge is -2.29. The van der Waals surface area contributed by atoms with Crippen molar-refractivity contribution in [2.24, 2.45) is 0 Å². The van der Waals surface area contributed by atoms with Gasteiger partial charge in [0.25, 0.3) is 0 Å². The summed E-state index contributed by atoms with van der Waals surface area (Å²) >= 11 is 0. The van der Waals surface area contributed by atoms with Crippen LogP contribution in [0.2, 0.25) is 0 Å². The molecule has 3 rings (SSSR count). The quantitative estimate of drug-likeness (QED) is 0.755. The molecule has 136 valence electrons. The number of hydrogen-bond acceptors (Lipinski definition) is 4. The van der Waals surface area contributed by atoms with Gasteiger partial charge in [-0.3, -0.25) is 0 Å². The highest BCUT2D eigenvalue weighted by molar-refractivity contribution is 5.62. The van der Waals surface area contributed by atoms with Crippen LogP contribution >= 0.6 is 0 Å². The summed E-state index contributed by atoms with van der Waals surface area (Å²) in [5, 5.41) is 12.9. The molecule has 1 aromatic carbocycles. The van der Waals surface area contributed by atoms with Gasteiger partial charge in [0.2, 0.25) is 0 Å². The molecule has 0 aliphatic carbocycles. The van der Waals surface area contributed by atoms with Crippen LogP contribution in [0.5, 0.6) is 0 Å². The first kappa shape index (κ1) is 18.1. The molecule has 4 nitrogen and oxygen atoms in total. The molecular weight excluding hydrogens is 319 g/mol. The Morgan fingerprint density at radius 1 is 1.24 bits per heavy atom. The molecule has 1 aromatic heterocycles. The third-order valence-corrected chi connectivity index (χ3v) is 4.80. The first-order valence-corrected chi connectivity index (χ1v) is 9.08. The number of piperidine rings is 1. The summed E-state index contributed by atoms with van der Waals surface area (Å²) in [6, 6.07) is 8.65. The summed E-state index contributed by atoms with van der Waals surface area (Å²) in [6.45, 7) is 6.58. The molecular formula is C20H27FN2O2. The van der Waals surface area contributed by atoms with E-state index in [0.717, 1.165) is 68.1 Å². The molecule has 25 heavy (non-hydrogen) atoms. The average molecular weight is 346 g/mol. The number of halogens is 1. The number of likely N-dealkylation sites (tertiary alicyclic amines) is 1. The van der Waals surface area contributed by atoms with Crippen LogP contribution in [-0.4, -0.2) is 42.3 Å². The second-order valence-corrected chi connectivity index (χ2v) is 6.83. The van der Waals surface area contributed by atoms with Crippen molar-refractivity contribution in [3.63, 3.8) is 0 Å². The number of hydrogen-bond donors (Lipinski definition) is 2. The van der Waals surface area contributed by atoms with Crippen molar-refractivity contribution in [3.8, 4) is 11.3 Å². The molecule has 0 saturated carbocycles. The molecule has 0 atom stereocenters. The van der Waals surface area contributed by atoms with Gasteiger partial charge in [-0.25, -0.2) is 4.39 Å². The van der Waals surface area contributed by atoms with E-state index in [9.17, 15) is 9.50 Å². The zero-order valence-electron chi connectivity index (χ0n) is 14.8. The third-order valence-electron chi connectivity index (χ3n) is 4.80. The monoisotopic (exact) mass is 346 g/mol. The number of aryl methyl sites for hydroxylation is 1. The lowest BCUT2D eigenvalue weighted by Crippen LogP contribution is -2.37. The number of aliphatic hydroxyl groups excluding tert-OH is 1. The standard InChI is InChI=1S/C20H27FN2O2/c1-15-13-16(21)3-5-19(15)20-6-4-18(25-20)14-22-9-2-10-23-11-7-17(24)8-12-23/h3-6,13,17,22,24H,2,7-12,14H2,1H3. The minimum Gasteiger partial charge on any atom is -0.460 e. The summed E-state index contributed by atoms with van der Waals surface area (Å²) < 4.78 is 19.1. The second-order valence-electron chi connectivity index (χ2n) is 6.83. The summed E-state index contributed by atoms with van der Waals surface area (Å²) in [5.41, 5.74) is 1.81. The Morgan fingerprint density at radius 3 is 2.80 bits per heavy atom. The fraction of sp³-hybridized carbons (Fsp3) is 0.500. The van der Waals surface area contributed by atoms with E-state index in [1.807, 2.05) is 19.1 Å². The van der Waals surface area contributed by atoms with Crippen molar-refractivity contribution in [2.75, 3.05) is 26.2 Å². The Morgan fingerprint density at radius 2 is 2.04 bits per heavy atom. The molecule has 0 spiro atoms. The largest absolute Gasteiger partial charge is 0.460 e. The molecule has 1 saturated heterocycles. The van der Waals surface area contributed by atoms with Crippen molar-refractivity contribution < 1.29 is 13.9 Å². The van der Waals surface area contributed by atoms with Crippen LogP contribution in [0.4, 0.5) is 4.39 Å². The normalized spacial score (nSPS) is 16.4. The van der Waals surface area contributed by atoms with Gasteiger partial charge in [-0.05, 0) is 75.2 Å². The van der Waals surface area contributed by atoms with Crippen molar-refractivity contribution in [1.29, 1.82) is 0 Å². The van der Waals surface area contributed by atoms with Gasteiger partial charge in [-0.15, -0.1) is 0 Å². The zero-order valence-corrected chi connectivity index (χ0v) is 14.8. The molecule has 2 N–H and O–H groups in total. The van der Waals surface area contributed by atoms with Crippen molar-refractivity contribution >= 4 is 0 Å². The predicted molar refractivity (Wildman–Crippen MR) is 96.8 cm³/mol. The van der Waals surface area contributed by atoms with Crippen LogP contribution in [0, 0.1) is 12.7 Å². The van der Waals surface area contributed by atoms with E-state index in [1.165, 1.54) is 12.1 Å². The van der Waals surface area contributed by atoms with Crippen molar-refractivity contribution in [1.82, 2.24) is 10.2 Å². The van der Waals surface area contributed by atoms with Crippen LogP contribution in [0.15, 0.2) is 34.7 Å². The lowest BCUT2D eigenvalue weighted by molar-refractivity contribution is 0.0821. The van der Waals surface area contributed by atoms with Crippen LogP contribution in [0.3, 0.4) is 0 Å². The molecule has 0 bridgehead atoms. The van der Waals surface area contributed by atoms with E-state index in [0.29, 0.717) is 6.54 Å². The minimum atomic E-state index is -0.224. The van der Waals surface area contributed by atoms with Crippen LogP contribution in [0.25, 0.3) is 11.3 Å². The smallest absolute Gasteiger partial charge is 0.134 e. The van der Waals surface area contributed by atoms with Crippen LogP contribution in [-0.2, 0) is 6.54 Å². The molecule has 1 fully saturated rings. The van der Waals surface area contributed by atoms with E-state index < -0.39 is 0 Å². The lowest BCUT2D eigenvalue weighted by atomic mass is 10.1. The maximum absolute atomic E-state index is 13.2. The predicted octanol–water partition coefficient (Wildman–Crippen LogP) is 3.33. The van der Waals surface area contributed by atoms with Gasteiger partial charge in [0, 0.05) is 18.7 Å². The molecule has 0 amide bonds. The highest BCUT2D eigenvalue weighted by atomic mass is 19.1. The van der Waals surface area contributed by atoms with E-state index in [4.69, 9.17) is 4.42 Å². The highest BCUT2D eigenvalue weighted by Crippen LogP contribution is 2.26. The molecule has 1 aliphatic rings. The topological polar surface area (TPSA) is 48.6 Å². The number of nitrogens with one attached hydrogen (secondary N) is 1. The Kier molecular flexibility index (Phi) is 6.24. The third kappa shape index (κ3) is 5.14. The van der Waals surface area contributed by atoms with E-state index >= 15 is 0 Å². The number of furan rings is 1. The van der Waals surface area contributed by atoms with Crippen molar-refractivity contribution in [2.45, 2.75) is 38.8 Å². The molecule has 5 heteroatoms. The maximum Gasteiger partial charge on any atom is 0.134 e. The average Bonchev–Trinajstić information content (AvgIpc) is 3.05. The first-order valence-electron chi connectivity index (χ1n) is 9.08. The molecule has 2 aromatic rings. The van der Waals surface area contributed by atoms with Gasteiger partial charge in [0.05, 0.1) is 12.6 Å². The first-order chi connectivity index (χ1) is 12.1. The highest BCUT2D eigenvalue weighted by Gasteiger charge is 2.16. The van der Waals surface area contributed by atoms with E-state index in [-0.39, 0.29) is 11.9 Å². The van der Waals surface area contributed by atoms with Gasteiger partial charge >= 0.3 is 0 Å². The van der Waals surface area contributed by atoms with Crippen molar-refractivity contribution in [3.05, 3.63) is 47.5 Å². The summed E-state index contributed by atoms with van der Waals surface area (Å²) in [7, 11) is 0. The Hall–Kier alpha value is -1.69. The summed E-state index contributed by atoms with van der Waals surface area (Å²) in [5.74, 6) is 1.44. The number of nitrogens with zero attached hydrogens (tertiary/aromatic N) is 1.